The molecule has 3 heteroatoms. The second kappa shape index (κ2) is 19.6. The first kappa shape index (κ1) is 36.7. The van der Waals surface area contributed by atoms with Gasteiger partial charge in [-0.3, -0.25) is 0 Å². The van der Waals surface area contributed by atoms with Crippen LogP contribution in [0, 0.1) is 11.8 Å². The van der Waals surface area contributed by atoms with Crippen LogP contribution in [0.2, 0.25) is 7.25 Å². The van der Waals surface area contributed by atoms with Crippen molar-refractivity contribution in [3.05, 3.63) is 107 Å². The van der Waals surface area contributed by atoms with Crippen LogP contribution in [0.4, 0.5) is 0 Å². The number of hydrogen-bond acceptors (Lipinski definition) is 0. The average Bonchev–Trinajstić information content (AvgIpc) is 3.65. The second-order valence-corrected chi connectivity index (χ2v) is 18.0. The Hall–Kier alpha value is -1.14. The van der Waals surface area contributed by atoms with E-state index in [1.165, 1.54) is 127 Å². The van der Waals surface area contributed by atoms with Crippen molar-refractivity contribution in [3.63, 3.8) is 0 Å². The fourth-order valence-corrected chi connectivity index (χ4v) is 14.2. The first-order valence-corrected chi connectivity index (χ1v) is 20.9. The van der Waals surface area contributed by atoms with E-state index < -0.39 is 23.2 Å². The molecule has 4 atom stereocenters. The molecule has 0 aliphatic heterocycles. The van der Waals surface area contributed by atoms with Crippen LogP contribution in [0.25, 0.3) is 11.1 Å². The summed E-state index contributed by atoms with van der Waals surface area (Å²) in [5, 5.41) is 0. The molecule has 0 nitrogen and oxygen atoms in total. The molecule has 2 saturated carbocycles. The van der Waals surface area contributed by atoms with E-state index in [0.29, 0.717) is 11.8 Å². The molecule has 0 N–H and O–H groups in total. The predicted molar refractivity (Wildman–Crippen MR) is 183 cm³/mol. The smallest absolute Gasteiger partial charge is 1.00 e. The molecule has 0 heterocycles. The third kappa shape index (κ3) is 9.94. The summed E-state index contributed by atoms with van der Waals surface area (Å²) >= 11 is -0.813. The zero-order chi connectivity index (χ0) is 29.1. The Balaban J connectivity index is 0.00000230. The standard InChI is InChI=1S/2C21H27.2ClH.Zr/c2*1-2-4-6-11-15-20-19(14-8-5-3-1)16-17-21(20)18-12-9-7-10-13-18;;;/h2*7,9-10,12-13,15-17,19H,1-6,8,11,14H2;2*1H;/q;;;;+2/p-2. The van der Waals surface area contributed by atoms with Crippen molar-refractivity contribution >= 4 is 11.1 Å². The molecular weight excluding hydrogens is 667 g/mol. The van der Waals surface area contributed by atoms with Crippen LogP contribution in [0.5, 0.6) is 0 Å². The van der Waals surface area contributed by atoms with E-state index in [0.717, 1.165) is 7.25 Å². The van der Waals surface area contributed by atoms with Gasteiger partial charge in [0.25, 0.3) is 0 Å². The van der Waals surface area contributed by atoms with Gasteiger partial charge in [0.1, 0.15) is 0 Å². The van der Waals surface area contributed by atoms with Gasteiger partial charge in [0.2, 0.25) is 0 Å². The third-order valence-corrected chi connectivity index (χ3v) is 15.7. The SMILES string of the molecule is C1=CC2CCCCCCCCC[CH]([Zr+2][CH]3CCCCCCCCCC4C=CC(c5ccccc5)=C43)C2=C1c1ccccc1.[Cl-].[Cl-]. The molecule has 2 fully saturated rings. The van der Waals surface area contributed by atoms with Crippen molar-refractivity contribution in [2.24, 2.45) is 11.8 Å². The van der Waals surface area contributed by atoms with Crippen LogP contribution in [0.1, 0.15) is 127 Å². The molecule has 6 rings (SSSR count). The molecule has 4 unspecified atom stereocenters. The third-order valence-electron chi connectivity index (χ3n) is 10.7. The van der Waals surface area contributed by atoms with Gasteiger partial charge in [0.15, 0.2) is 0 Å². The van der Waals surface area contributed by atoms with Gasteiger partial charge in [-0.2, -0.15) is 0 Å². The first-order valence-electron chi connectivity index (χ1n) is 18.1. The predicted octanol–water partition coefficient (Wildman–Crippen LogP) is 6.98. The number of halogens is 2. The maximum Gasteiger partial charge on any atom is -1.00 e. The zero-order valence-corrected chi connectivity index (χ0v) is 31.3. The largest absolute Gasteiger partial charge is 1.00 e. The van der Waals surface area contributed by atoms with Crippen LogP contribution < -0.4 is 24.8 Å². The van der Waals surface area contributed by atoms with Crippen LogP contribution in [0.3, 0.4) is 0 Å². The van der Waals surface area contributed by atoms with E-state index in [2.05, 4.69) is 85.0 Å². The maximum atomic E-state index is 2.63. The molecule has 0 aromatic heterocycles. The van der Waals surface area contributed by atoms with Gasteiger partial charge in [-0.1, -0.05) is 0 Å². The summed E-state index contributed by atoms with van der Waals surface area (Å²) in [5.41, 5.74) is 9.93. The van der Waals surface area contributed by atoms with Crippen molar-refractivity contribution < 1.29 is 48.0 Å². The van der Waals surface area contributed by atoms with E-state index in [4.69, 9.17) is 0 Å². The summed E-state index contributed by atoms with van der Waals surface area (Å²) in [6.07, 6.45) is 36.0. The minimum Gasteiger partial charge on any atom is -1.00 e. The summed E-state index contributed by atoms with van der Waals surface area (Å²) in [6, 6.07) is 22.9. The van der Waals surface area contributed by atoms with E-state index in [-0.39, 0.29) is 24.8 Å². The average molecular weight is 721 g/mol. The summed E-state index contributed by atoms with van der Waals surface area (Å²) in [6.45, 7) is 0. The molecule has 240 valence electrons. The van der Waals surface area contributed by atoms with Crippen molar-refractivity contribution in [1.29, 1.82) is 0 Å². The summed E-state index contributed by atoms with van der Waals surface area (Å²) < 4.78 is 1.70. The molecule has 2 aromatic rings. The van der Waals surface area contributed by atoms with Crippen LogP contribution >= 0.6 is 0 Å². The second-order valence-electron chi connectivity index (χ2n) is 13.8. The zero-order valence-electron chi connectivity index (χ0n) is 27.4. The van der Waals surface area contributed by atoms with Gasteiger partial charge >= 0.3 is 276 Å². The normalized spacial score (nSPS) is 26.5. The van der Waals surface area contributed by atoms with Crippen molar-refractivity contribution in [2.75, 3.05) is 0 Å². The van der Waals surface area contributed by atoms with Gasteiger partial charge in [-0.05, 0) is 0 Å². The number of hydrogen-bond donors (Lipinski definition) is 0. The Labute approximate surface area is 299 Å². The van der Waals surface area contributed by atoms with Gasteiger partial charge in [-0.15, -0.1) is 0 Å². The van der Waals surface area contributed by atoms with E-state index in [9.17, 15) is 0 Å². The fourth-order valence-electron chi connectivity index (χ4n) is 8.47. The van der Waals surface area contributed by atoms with Crippen molar-refractivity contribution in [3.8, 4) is 0 Å². The monoisotopic (exact) mass is 718 g/mol. The van der Waals surface area contributed by atoms with Gasteiger partial charge in [-0.25, -0.2) is 0 Å². The molecule has 4 aliphatic carbocycles. The minimum absolute atomic E-state index is 0. The number of rotatable bonds is 4. The van der Waals surface area contributed by atoms with Crippen molar-refractivity contribution in [1.82, 2.24) is 0 Å². The Bertz CT molecular complexity index is 1170. The van der Waals surface area contributed by atoms with E-state index >= 15 is 0 Å². The van der Waals surface area contributed by atoms with Gasteiger partial charge in [0, 0.05) is 0 Å². The summed E-state index contributed by atoms with van der Waals surface area (Å²) in [4.78, 5) is 0. The first-order chi connectivity index (χ1) is 21.4. The van der Waals surface area contributed by atoms with Crippen LogP contribution in [-0.4, -0.2) is 0 Å². The molecule has 0 radical (unpaired) electrons. The molecule has 0 amide bonds. The number of fused-ring (bicyclic) bond motifs is 2. The molecule has 0 spiro atoms. The fraction of sp³-hybridized carbons (Fsp3) is 0.524. The Kier molecular flexibility index (Phi) is 16.0. The quantitative estimate of drug-likeness (QED) is 0.320. The van der Waals surface area contributed by atoms with Gasteiger partial charge < -0.3 is 24.8 Å². The Morgan fingerprint density at radius 2 is 0.733 bits per heavy atom. The van der Waals surface area contributed by atoms with Gasteiger partial charge in [0.05, 0.1) is 0 Å². The van der Waals surface area contributed by atoms with E-state index in [1.54, 1.807) is 11.1 Å². The Morgan fingerprint density at radius 3 is 1.11 bits per heavy atom. The number of allylic oxidation sites excluding steroid dienone is 8. The number of benzene rings is 2. The molecule has 45 heavy (non-hydrogen) atoms. The summed E-state index contributed by atoms with van der Waals surface area (Å²) in [5.74, 6) is 1.35. The van der Waals surface area contributed by atoms with Crippen LogP contribution in [0.15, 0.2) is 96.1 Å². The van der Waals surface area contributed by atoms with E-state index in [1.807, 2.05) is 11.1 Å². The molecule has 2 aromatic carbocycles. The maximum absolute atomic E-state index is 2.63. The minimum atomic E-state index is -0.813. The van der Waals surface area contributed by atoms with Crippen molar-refractivity contribution in [2.45, 2.75) is 123 Å². The topological polar surface area (TPSA) is 0 Å². The molecule has 0 saturated heterocycles. The summed E-state index contributed by atoms with van der Waals surface area (Å²) in [7, 11) is 0. The molecule has 0 bridgehead atoms. The molecule has 4 aliphatic rings. The molecular formula is C42H54Cl2Zr. The van der Waals surface area contributed by atoms with Crippen LogP contribution in [-0.2, 0) is 23.2 Å². The Morgan fingerprint density at radius 1 is 0.400 bits per heavy atom.